The van der Waals surface area contributed by atoms with Gasteiger partial charge in [-0.15, -0.1) is 0 Å². The molecule has 0 amide bonds. The van der Waals surface area contributed by atoms with Gasteiger partial charge in [-0.1, -0.05) is 12.5 Å². The van der Waals surface area contributed by atoms with Crippen molar-refractivity contribution in [3.8, 4) is 28.4 Å². The normalized spacial score (nSPS) is 17.1. The molecule has 2 aromatic carbocycles. The van der Waals surface area contributed by atoms with Gasteiger partial charge in [0.25, 0.3) is 0 Å². The Morgan fingerprint density at radius 2 is 1.97 bits per heavy atom. The molecule has 0 spiro atoms. The van der Waals surface area contributed by atoms with Gasteiger partial charge in [0.15, 0.2) is 11.5 Å². The number of esters is 2. The zero-order valence-corrected chi connectivity index (χ0v) is 17.6. The van der Waals surface area contributed by atoms with Crippen molar-refractivity contribution in [3.63, 3.8) is 0 Å². The molecule has 1 saturated carbocycles. The first-order valence-corrected chi connectivity index (χ1v) is 10.2. The standard InChI is InChI=1S/C24H26O7/c1-4-29-23(26)24(10-5-11-24)14-31-20-17(8-9-19(27-2)21(20)28-3)15-6-7-18-16(12-15)13-30-22(18)25/h6-9,12H,4-5,10-11,13-14H2,1-3H3/i2D2. The Morgan fingerprint density at radius 3 is 2.65 bits per heavy atom. The minimum Gasteiger partial charge on any atom is -0.493 e. The number of carbonyl (C=O) groups is 2. The van der Waals surface area contributed by atoms with Gasteiger partial charge in [0.05, 0.1) is 29.1 Å². The van der Waals surface area contributed by atoms with Gasteiger partial charge in [0, 0.05) is 11.1 Å². The average molecular weight is 428 g/mol. The van der Waals surface area contributed by atoms with E-state index in [2.05, 4.69) is 0 Å². The van der Waals surface area contributed by atoms with Crippen molar-refractivity contribution < 1.29 is 36.0 Å². The lowest BCUT2D eigenvalue weighted by atomic mass is 9.69. The van der Waals surface area contributed by atoms with Gasteiger partial charge in [-0.05, 0) is 49.6 Å². The van der Waals surface area contributed by atoms with Crippen LogP contribution in [0.2, 0.25) is 0 Å². The first-order valence-electron chi connectivity index (χ1n) is 11.4. The highest BCUT2D eigenvalue weighted by atomic mass is 16.6. The molecule has 0 aromatic heterocycles. The molecule has 1 heterocycles. The van der Waals surface area contributed by atoms with E-state index in [1.54, 1.807) is 31.2 Å². The molecule has 1 fully saturated rings. The van der Waals surface area contributed by atoms with E-state index in [0.29, 0.717) is 36.3 Å². The van der Waals surface area contributed by atoms with Gasteiger partial charge in [-0.3, -0.25) is 4.79 Å². The molecule has 2 aromatic rings. The second-order valence-electron chi connectivity index (χ2n) is 7.68. The van der Waals surface area contributed by atoms with Crippen LogP contribution in [0, 0.1) is 5.41 Å². The first kappa shape index (κ1) is 18.5. The number of hydrogen-bond donors (Lipinski definition) is 0. The molecule has 0 bridgehead atoms. The van der Waals surface area contributed by atoms with Gasteiger partial charge in [-0.25, -0.2) is 4.79 Å². The van der Waals surface area contributed by atoms with Gasteiger partial charge >= 0.3 is 11.9 Å². The predicted molar refractivity (Wildman–Crippen MR) is 113 cm³/mol. The highest BCUT2D eigenvalue weighted by molar-refractivity contribution is 5.94. The van der Waals surface area contributed by atoms with Crippen LogP contribution in [0.15, 0.2) is 30.3 Å². The van der Waals surface area contributed by atoms with Crippen molar-refractivity contribution in [2.75, 3.05) is 27.4 Å². The molecule has 0 unspecified atom stereocenters. The number of cyclic esters (lactones) is 1. The quantitative estimate of drug-likeness (QED) is 0.584. The van der Waals surface area contributed by atoms with Crippen LogP contribution in [-0.2, 0) is 20.9 Å². The largest absolute Gasteiger partial charge is 0.493 e. The highest BCUT2D eigenvalue weighted by Gasteiger charge is 2.46. The summed E-state index contributed by atoms with van der Waals surface area (Å²) in [7, 11) is -0.111. The molecule has 7 heteroatoms. The van der Waals surface area contributed by atoms with Crippen LogP contribution in [0.5, 0.6) is 17.2 Å². The summed E-state index contributed by atoms with van der Waals surface area (Å²) in [6.07, 6.45) is 2.24. The minimum atomic E-state index is -1.56. The van der Waals surface area contributed by atoms with Gasteiger partial charge < -0.3 is 23.7 Å². The first-order chi connectivity index (χ1) is 15.9. The van der Waals surface area contributed by atoms with E-state index in [1.165, 1.54) is 7.11 Å². The Kier molecular flexibility index (Phi) is 5.08. The molecule has 0 radical (unpaired) electrons. The van der Waals surface area contributed by atoms with Crippen LogP contribution in [0.3, 0.4) is 0 Å². The lowest BCUT2D eigenvalue weighted by Crippen LogP contribution is -2.44. The van der Waals surface area contributed by atoms with Crippen molar-refractivity contribution in [1.29, 1.82) is 0 Å². The topological polar surface area (TPSA) is 80.3 Å². The fraction of sp³-hybridized carbons (Fsp3) is 0.417. The molecule has 4 rings (SSSR count). The number of rotatable bonds is 8. The summed E-state index contributed by atoms with van der Waals surface area (Å²) in [6.45, 7) is 2.36. The maximum absolute atomic E-state index is 12.6. The van der Waals surface area contributed by atoms with Gasteiger partial charge in [0.1, 0.15) is 18.6 Å². The number of carbonyl (C=O) groups excluding carboxylic acids is 2. The smallest absolute Gasteiger partial charge is 0.338 e. The summed E-state index contributed by atoms with van der Waals surface area (Å²) in [4.78, 5) is 24.4. The van der Waals surface area contributed by atoms with E-state index >= 15 is 0 Å². The van der Waals surface area contributed by atoms with E-state index < -0.39 is 12.5 Å². The summed E-state index contributed by atoms with van der Waals surface area (Å²) in [5.41, 5.74) is 1.99. The van der Waals surface area contributed by atoms with Crippen molar-refractivity contribution >= 4 is 11.9 Å². The van der Waals surface area contributed by atoms with Crippen LogP contribution < -0.4 is 14.2 Å². The molecular weight excluding hydrogens is 400 g/mol. The Balaban J connectivity index is 1.74. The lowest BCUT2D eigenvalue weighted by molar-refractivity contribution is -0.163. The van der Waals surface area contributed by atoms with Gasteiger partial charge in [0.2, 0.25) is 5.75 Å². The fourth-order valence-corrected chi connectivity index (χ4v) is 4.01. The molecule has 164 valence electrons. The third kappa shape index (κ3) is 3.69. The second-order valence-corrected chi connectivity index (χ2v) is 7.68. The number of fused-ring (bicyclic) bond motifs is 1. The number of ether oxygens (including phenoxy) is 5. The van der Waals surface area contributed by atoms with E-state index in [1.807, 2.05) is 6.07 Å². The fourth-order valence-electron chi connectivity index (χ4n) is 4.01. The van der Waals surface area contributed by atoms with E-state index in [0.717, 1.165) is 17.5 Å². The predicted octanol–water partition coefficient (Wildman–Crippen LogP) is 4.15. The summed E-state index contributed by atoms with van der Waals surface area (Å²) in [5, 5.41) is 0. The Labute approximate surface area is 184 Å². The Morgan fingerprint density at radius 1 is 1.16 bits per heavy atom. The van der Waals surface area contributed by atoms with Crippen LogP contribution >= 0.6 is 0 Å². The summed E-state index contributed by atoms with van der Waals surface area (Å²) in [6, 6.07) is 8.69. The molecule has 1 aliphatic heterocycles. The maximum atomic E-state index is 12.6. The minimum absolute atomic E-state index is 0.0936. The molecule has 0 atom stereocenters. The third-order valence-electron chi connectivity index (χ3n) is 5.91. The van der Waals surface area contributed by atoms with Crippen LogP contribution in [0.25, 0.3) is 11.1 Å². The summed E-state index contributed by atoms with van der Waals surface area (Å²) >= 11 is 0. The van der Waals surface area contributed by atoms with Crippen LogP contribution in [-0.4, -0.2) is 39.3 Å². The number of benzene rings is 2. The van der Waals surface area contributed by atoms with Crippen molar-refractivity contribution in [2.45, 2.75) is 32.8 Å². The lowest BCUT2D eigenvalue weighted by Gasteiger charge is -2.38. The summed E-state index contributed by atoms with van der Waals surface area (Å²) < 4.78 is 42.4. The maximum Gasteiger partial charge on any atom is 0.338 e. The van der Waals surface area contributed by atoms with Gasteiger partial charge in [-0.2, -0.15) is 0 Å². The molecule has 1 aliphatic carbocycles. The zero-order chi connectivity index (χ0) is 23.6. The van der Waals surface area contributed by atoms with E-state index in [9.17, 15) is 9.59 Å². The molecule has 0 N–H and O–H groups in total. The molecule has 7 nitrogen and oxygen atoms in total. The average Bonchev–Trinajstić information content (AvgIpc) is 3.13. The molecule has 2 aliphatic rings. The van der Waals surface area contributed by atoms with Crippen molar-refractivity contribution in [1.82, 2.24) is 0 Å². The Bertz CT molecular complexity index is 1060. The highest BCUT2D eigenvalue weighted by Crippen LogP contribution is 2.48. The monoisotopic (exact) mass is 428 g/mol. The zero-order valence-electron chi connectivity index (χ0n) is 19.6. The van der Waals surface area contributed by atoms with Crippen LogP contribution in [0.1, 0.15) is 44.8 Å². The number of hydrogen-bond acceptors (Lipinski definition) is 7. The third-order valence-corrected chi connectivity index (χ3v) is 5.91. The van der Waals surface area contributed by atoms with E-state index in [-0.39, 0.29) is 36.7 Å². The number of methoxy groups -OCH3 is 2. The second kappa shape index (κ2) is 8.49. The van der Waals surface area contributed by atoms with Crippen LogP contribution in [0.4, 0.5) is 0 Å². The van der Waals surface area contributed by atoms with E-state index in [4.69, 9.17) is 26.4 Å². The Hall–Kier alpha value is -3.22. The summed E-state index contributed by atoms with van der Waals surface area (Å²) in [5.74, 6) is 0.103. The molecule has 0 saturated heterocycles. The van der Waals surface area contributed by atoms with Crippen molar-refractivity contribution in [3.05, 3.63) is 41.5 Å². The molecular formula is C24H26O7. The SMILES string of the molecule is [2H]C([2H])Oc1ccc(-c2ccc3c(c2)COC3=O)c(OCC2(C(=O)OCC)CCC2)c1OC. The molecule has 31 heavy (non-hydrogen) atoms. The van der Waals surface area contributed by atoms with Crippen molar-refractivity contribution in [2.24, 2.45) is 5.41 Å².